The van der Waals surface area contributed by atoms with Crippen LogP contribution in [0.1, 0.15) is 5.69 Å². The number of nitrogens with zero attached hydrogens (tertiary/aromatic N) is 2. The van der Waals surface area contributed by atoms with Crippen molar-refractivity contribution in [2.75, 3.05) is 0 Å². The Bertz CT molecular complexity index is 1870. The maximum Gasteiger partial charge on any atom is 0.160 e. The number of hydrogen-bond donors (Lipinski definition) is 0. The molecule has 0 aliphatic carbocycles. The van der Waals surface area contributed by atoms with Crippen LogP contribution in [0.5, 0.6) is 0 Å². The first-order valence-electron chi connectivity index (χ1n) is 12.3. The van der Waals surface area contributed by atoms with E-state index in [-0.39, 0.29) is 0 Å². The number of benzene rings is 4. The van der Waals surface area contributed by atoms with Gasteiger partial charge in [0.1, 0.15) is 11.2 Å². The molecule has 2 heterocycles. The molecule has 0 unspecified atom stereocenters. The molecule has 2 aromatic heterocycles. The summed E-state index contributed by atoms with van der Waals surface area (Å²) < 4.78 is 7.35. The first kappa shape index (κ1) is 23.8. The molecule has 0 bridgehead atoms. The maximum atomic E-state index is 6.33. The number of halogens is 1. The van der Waals surface area contributed by atoms with E-state index < -0.39 is 0 Å². The van der Waals surface area contributed by atoms with Crippen molar-refractivity contribution in [2.24, 2.45) is 0 Å². The van der Waals surface area contributed by atoms with E-state index >= 15 is 0 Å². The number of para-hydroxylation sites is 1. The first-order chi connectivity index (χ1) is 18.6. The Morgan fingerprint density at radius 2 is 1.53 bits per heavy atom. The van der Waals surface area contributed by atoms with E-state index in [2.05, 4.69) is 77.6 Å². The lowest BCUT2D eigenvalue weighted by atomic mass is 10.00. The minimum atomic E-state index is 0.640. The standard InChI is InChI=1S/C34H23BrN2O/c1-3-10-22(4-2)30-21-31(23-11-6-5-7-12-23)37-34(36-30)25-14-8-13-24(19-25)27-15-9-16-28-29-20-26(35)17-18-32(29)38-33(27)28/h3-21H,1-2H2. The number of fused-ring (bicyclic) bond motifs is 3. The average molecular weight is 555 g/mol. The van der Waals surface area contributed by atoms with Gasteiger partial charge in [-0.25, -0.2) is 9.97 Å². The first-order valence-corrected chi connectivity index (χ1v) is 13.1. The molecule has 0 spiro atoms. The molecule has 4 heteroatoms. The Morgan fingerprint density at radius 1 is 0.737 bits per heavy atom. The lowest BCUT2D eigenvalue weighted by molar-refractivity contribution is 0.670. The number of hydrogen-bond acceptors (Lipinski definition) is 3. The van der Waals surface area contributed by atoms with Gasteiger partial charge in [-0.05, 0) is 41.5 Å². The molecule has 3 nitrogen and oxygen atoms in total. The normalized spacial score (nSPS) is 11.7. The van der Waals surface area contributed by atoms with Gasteiger partial charge in [-0.1, -0.05) is 114 Å². The van der Waals surface area contributed by atoms with E-state index in [0.717, 1.165) is 65.6 Å². The molecular weight excluding hydrogens is 532 g/mol. The van der Waals surface area contributed by atoms with Gasteiger partial charge in [0, 0.05) is 31.9 Å². The third-order valence-corrected chi connectivity index (χ3v) is 6.99. The van der Waals surface area contributed by atoms with Crippen molar-refractivity contribution >= 4 is 43.4 Å². The van der Waals surface area contributed by atoms with Crippen LogP contribution < -0.4 is 0 Å². The summed E-state index contributed by atoms with van der Waals surface area (Å²) in [6.45, 7) is 7.82. The predicted octanol–water partition coefficient (Wildman–Crippen LogP) is 9.89. The molecule has 0 aliphatic heterocycles. The quantitative estimate of drug-likeness (QED) is 0.192. The topological polar surface area (TPSA) is 38.9 Å². The van der Waals surface area contributed by atoms with Gasteiger partial charge in [0.2, 0.25) is 0 Å². The van der Waals surface area contributed by atoms with Crippen molar-refractivity contribution in [2.45, 2.75) is 0 Å². The molecule has 6 aromatic rings. The zero-order chi connectivity index (χ0) is 26.1. The summed E-state index contributed by atoms with van der Waals surface area (Å²) in [5.74, 6) is 0.640. The zero-order valence-corrected chi connectivity index (χ0v) is 22.2. The van der Waals surface area contributed by atoms with Gasteiger partial charge < -0.3 is 4.42 Å². The lowest BCUT2D eigenvalue weighted by Gasteiger charge is -2.11. The summed E-state index contributed by atoms with van der Waals surface area (Å²) in [5.41, 5.74) is 8.24. The largest absolute Gasteiger partial charge is 0.455 e. The molecule has 0 fully saturated rings. The van der Waals surface area contributed by atoms with Crippen LogP contribution in [0.4, 0.5) is 0 Å². The summed E-state index contributed by atoms with van der Waals surface area (Å²) in [4.78, 5) is 9.90. The number of rotatable bonds is 6. The van der Waals surface area contributed by atoms with Gasteiger partial charge >= 0.3 is 0 Å². The van der Waals surface area contributed by atoms with Gasteiger partial charge in [0.05, 0.1) is 11.4 Å². The third-order valence-electron chi connectivity index (χ3n) is 6.50. The Morgan fingerprint density at radius 3 is 2.34 bits per heavy atom. The summed E-state index contributed by atoms with van der Waals surface area (Å²) in [6, 6.07) is 32.8. The maximum absolute atomic E-state index is 6.33. The van der Waals surface area contributed by atoms with E-state index in [0.29, 0.717) is 5.82 Å². The molecule has 0 N–H and O–H groups in total. The van der Waals surface area contributed by atoms with Crippen LogP contribution in [0.15, 0.2) is 137 Å². The predicted molar refractivity (Wildman–Crippen MR) is 162 cm³/mol. The molecule has 0 radical (unpaired) electrons. The fourth-order valence-corrected chi connectivity index (χ4v) is 5.05. The molecule has 0 saturated heterocycles. The summed E-state index contributed by atoms with van der Waals surface area (Å²) >= 11 is 3.58. The van der Waals surface area contributed by atoms with Gasteiger partial charge in [-0.15, -0.1) is 0 Å². The number of aromatic nitrogens is 2. The Kier molecular flexibility index (Phi) is 6.32. The highest BCUT2D eigenvalue weighted by molar-refractivity contribution is 9.10. The SMILES string of the molecule is C=CC=C(C=C)c1cc(-c2ccccc2)nc(-c2cccc(-c3cccc4c3oc3ccc(Br)cc34)c2)n1. The van der Waals surface area contributed by atoms with Crippen molar-refractivity contribution in [1.29, 1.82) is 0 Å². The molecular formula is C34H23BrN2O. The van der Waals surface area contributed by atoms with E-state index in [1.807, 2.05) is 54.6 Å². The molecule has 0 saturated carbocycles. The average Bonchev–Trinajstić information content (AvgIpc) is 3.34. The number of furan rings is 1. The molecule has 6 rings (SSSR count). The minimum Gasteiger partial charge on any atom is -0.455 e. The van der Waals surface area contributed by atoms with Crippen molar-refractivity contribution in [3.8, 4) is 33.8 Å². The molecule has 0 amide bonds. The molecule has 4 aromatic carbocycles. The highest BCUT2D eigenvalue weighted by Crippen LogP contribution is 2.38. The summed E-state index contributed by atoms with van der Waals surface area (Å²) in [6.07, 6.45) is 5.44. The van der Waals surface area contributed by atoms with Crippen molar-refractivity contribution in [3.05, 3.63) is 139 Å². The van der Waals surface area contributed by atoms with Gasteiger partial charge in [-0.2, -0.15) is 0 Å². The smallest absolute Gasteiger partial charge is 0.160 e. The molecule has 0 atom stereocenters. The van der Waals surface area contributed by atoms with Gasteiger partial charge in [-0.3, -0.25) is 0 Å². The van der Waals surface area contributed by atoms with Crippen LogP contribution in [-0.2, 0) is 0 Å². The fourth-order valence-electron chi connectivity index (χ4n) is 4.69. The van der Waals surface area contributed by atoms with Crippen molar-refractivity contribution in [3.63, 3.8) is 0 Å². The van der Waals surface area contributed by atoms with Crippen LogP contribution in [0, 0.1) is 0 Å². The van der Waals surface area contributed by atoms with Crippen LogP contribution in [0.25, 0.3) is 61.3 Å². The minimum absolute atomic E-state index is 0.640. The van der Waals surface area contributed by atoms with Crippen LogP contribution >= 0.6 is 15.9 Å². The Balaban J connectivity index is 1.52. The zero-order valence-electron chi connectivity index (χ0n) is 20.6. The highest BCUT2D eigenvalue weighted by atomic mass is 79.9. The monoisotopic (exact) mass is 554 g/mol. The molecule has 182 valence electrons. The van der Waals surface area contributed by atoms with E-state index in [1.165, 1.54) is 0 Å². The highest BCUT2D eigenvalue weighted by Gasteiger charge is 2.15. The lowest BCUT2D eigenvalue weighted by Crippen LogP contribution is -1.98. The van der Waals surface area contributed by atoms with Crippen LogP contribution in [-0.4, -0.2) is 9.97 Å². The van der Waals surface area contributed by atoms with E-state index in [4.69, 9.17) is 14.4 Å². The van der Waals surface area contributed by atoms with E-state index in [1.54, 1.807) is 12.2 Å². The van der Waals surface area contributed by atoms with Crippen LogP contribution in [0.2, 0.25) is 0 Å². The second-order valence-corrected chi connectivity index (χ2v) is 9.81. The number of allylic oxidation sites excluding steroid dienone is 4. The third kappa shape index (κ3) is 4.40. The van der Waals surface area contributed by atoms with Crippen molar-refractivity contribution in [1.82, 2.24) is 9.97 Å². The second kappa shape index (κ2) is 10.1. The molecule has 38 heavy (non-hydrogen) atoms. The summed E-state index contributed by atoms with van der Waals surface area (Å²) in [5, 5.41) is 2.17. The Hall–Kier alpha value is -4.54. The fraction of sp³-hybridized carbons (Fsp3) is 0. The summed E-state index contributed by atoms with van der Waals surface area (Å²) in [7, 11) is 0. The van der Waals surface area contributed by atoms with E-state index in [9.17, 15) is 0 Å². The second-order valence-electron chi connectivity index (χ2n) is 8.90. The van der Waals surface area contributed by atoms with Gasteiger partial charge in [0.15, 0.2) is 5.82 Å². The van der Waals surface area contributed by atoms with Crippen molar-refractivity contribution < 1.29 is 4.42 Å². The van der Waals surface area contributed by atoms with Gasteiger partial charge in [0.25, 0.3) is 0 Å². The Labute approximate surface area is 229 Å². The molecule has 0 aliphatic rings. The van der Waals surface area contributed by atoms with Crippen LogP contribution in [0.3, 0.4) is 0 Å².